The van der Waals surface area contributed by atoms with Crippen molar-refractivity contribution in [2.24, 2.45) is 0 Å². The number of aromatic amines is 1. The van der Waals surface area contributed by atoms with E-state index in [2.05, 4.69) is 20.3 Å². The van der Waals surface area contributed by atoms with Crippen LogP contribution in [-0.4, -0.2) is 44.2 Å². The van der Waals surface area contributed by atoms with Gasteiger partial charge in [-0.3, -0.25) is 9.89 Å². The van der Waals surface area contributed by atoms with Crippen molar-refractivity contribution in [3.63, 3.8) is 0 Å². The molecule has 1 saturated heterocycles. The molecule has 32 heavy (non-hydrogen) atoms. The minimum absolute atomic E-state index is 0.106. The second-order valence-corrected chi connectivity index (χ2v) is 8.61. The van der Waals surface area contributed by atoms with E-state index in [1.165, 1.54) is 0 Å². The third kappa shape index (κ3) is 3.86. The standard InChI is InChI=1S/C22H26F3N5O2/c1-5-15-12(4)18(28-27-15)21(31)30-8-6-7-13(10-30)19-17-14(22(23,24)25)9-16(11(2)3)26-20(17)32-29-19/h9,11,13H,5-8,10H2,1-4H3,(H,27,28)/t13-/m0/s1. The summed E-state index contributed by atoms with van der Waals surface area (Å²) in [4.78, 5) is 19.0. The lowest BCUT2D eigenvalue weighted by Gasteiger charge is -2.31. The molecule has 1 aliphatic heterocycles. The Morgan fingerprint density at radius 3 is 2.75 bits per heavy atom. The zero-order valence-electron chi connectivity index (χ0n) is 18.5. The summed E-state index contributed by atoms with van der Waals surface area (Å²) in [6.07, 6.45) is -2.59. The summed E-state index contributed by atoms with van der Waals surface area (Å²) in [7, 11) is 0. The maximum absolute atomic E-state index is 13.9. The molecule has 0 radical (unpaired) electrons. The lowest BCUT2D eigenvalue weighted by Crippen LogP contribution is -2.39. The highest BCUT2D eigenvalue weighted by Gasteiger charge is 2.39. The van der Waals surface area contributed by atoms with E-state index in [1.807, 2.05) is 13.8 Å². The van der Waals surface area contributed by atoms with Crippen molar-refractivity contribution in [3.05, 3.63) is 40.0 Å². The number of alkyl halides is 3. The molecule has 1 atom stereocenters. The van der Waals surface area contributed by atoms with Gasteiger partial charge in [-0.05, 0) is 38.2 Å². The lowest BCUT2D eigenvalue weighted by atomic mass is 9.91. The Bertz CT molecular complexity index is 1150. The SMILES string of the molecule is CCc1[nH]nc(C(=O)N2CCC[C@H](c3noc4nc(C(C)C)cc(C(F)(F)F)c34)C2)c1C. The predicted octanol–water partition coefficient (Wildman–Crippen LogP) is 4.98. The summed E-state index contributed by atoms with van der Waals surface area (Å²) in [6, 6.07) is 1.08. The first-order valence-electron chi connectivity index (χ1n) is 10.8. The summed E-state index contributed by atoms with van der Waals surface area (Å²) in [5, 5.41) is 10.9. The van der Waals surface area contributed by atoms with E-state index in [1.54, 1.807) is 18.7 Å². The molecule has 0 spiro atoms. The third-order valence-corrected chi connectivity index (χ3v) is 6.15. The number of likely N-dealkylation sites (tertiary alicyclic amines) is 1. The molecule has 1 N–H and O–H groups in total. The molecule has 0 saturated carbocycles. The Morgan fingerprint density at radius 2 is 2.12 bits per heavy atom. The molecule has 0 aromatic carbocycles. The van der Waals surface area contributed by atoms with E-state index in [0.717, 1.165) is 23.7 Å². The first-order valence-corrected chi connectivity index (χ1v) is 10.8. The quantitative estimate of drug-likeness (QED) is 0.607. The molecular formula is C22H26F3N5O2. The zero-order valence-corrected chi connectivity index (χ0v) is 18.5. The number of nitrogens with zero attached hydrogens (tertiary/aromatic N) is 4. The number of hydrogen-bond acceptors (Lipinski definition) is 5. The fraction of sp³-hybridized carbons (Fsp3) is 0.545. The van der Waals surface area contributed by atoms with Gasteiger partial charge in [-0.1, -0.05) is 25.9 Å². The Balaban J connectivity index is 1.70. The molecule has 0 bridgehead atoms. The number of carbonyl (C=O) groups excluding carboxylic acids is 1. The minimum atomic E-state index is -4.57. The number of nitrogens with one attached hydrogen (secondary N) is 1. The Morgan fingerprint density at radius 1 is 1.38 bits per heavy atom. The van der Waals surface area contributed by atoms with Crippen molar-refractivity contribution in [3.8, 4) is 0 Å². The van der Waals surface area contributed by atoms with E-state index in [-0.39, 0.29) is 41.1 Å². The van der Waals surface area contributed by atoms with Gasteiger partial charge in [0.05, 0.1) is 16.6 Å². The van der Waals surface area contributed by atoms with Gasteiger partial charge in [0.25, 0.3) is 11.6 Å². The van der Waals surface area contributed by atoms with Crippen molar-refractivity contribution in [2.45, 2.75) is 65.0 Å². The Labute approximate surface area is 183 Å². The molecule has 1 fully saturated rings. The number of carbonyl (C=O) groups is 1. The van der Waals surface area contributed by atoms with E-state index < -0.39 is 11.7 Å². The maximum atomic E-state index is 13.9. The second kappa shape index (κ2) is 8.22. The highest BCUT2D eigenvalue weighted by atomic mass is 19.4. The number of halogens is 3. The number of H-pyrrole nitrogens is 1. The molecule has 172 valence electrons. The predicted molar refractivity (Wildman–Crippen MR) is 111 cm³/mol. The second-order valence-electron chi connectivity index (χ2n) is 8.61. The fourth-order valence-electron chi connectivity index (χ4n) is 4.31. The average Bonchev–Trinajstić information content (AvgIpc) is 3.35. The first-order chi connectivity index (χ1) is 15.1. The van der Waals surface area contributed by atoms with Crippen LogP contribution in [0.4, 0.5) is 13.2 Å². The number of aryl methyl sites for hydroxylation is 1. The number of rotatable bonds is 4. The first kappa shape index (κ1) is 22.3. The lowest BCUT2D eigenvalue weighted by molar-refractivity contribution is -0.136. The van der Waals surface area contributed by atoms with E-state index in [0.29, 0.717) is 30.8 Å². The van der Waals surface area contributed by atoms with Gasteiger partial charge in [0.15, 0.2) is 5.69 Å². The van der Waals surface area contributed by atoms with Crippen LogP contribution < -0.4 is 0 Å². The molecule has 0 unspecified atom stereocenters. The number of fused-ring (bicyclic) bond motifs is 1. The van der Waals surface area contributed by atoms with Gasteiger partial charge < -0.3 is 9.42 Å². The van der Waals surface area contributed by atoms with Gasteiger partial charge in [-0.25, -0.2) is 4.98 Å². The van der Waals surface area contributed by atoms with E-state index in [4.69, 9.17) is 4.52 Å². The van der Waals surface area contributed by atoms with Crippen molar-refractivity contribution in [1.29, 1.82) is 0 Å². The van der Waals surface area contributed by atoms with Crippen molar-refractivity contribution in [1.82, 2.24) is 25.2 Å². The van der Waals surface area contributed by atoms with E-state index >= 15 is 0 Å². The summed E-state index contributed by atoms with van der Waals surface area (Å²) in [5.74, 6) is -0.805. The molecule has 7 nitrogen and oxygen atoms in total. The number of hydrogen-bond donors (Lipinski definition) is 1. The van der Waals surface area contributed by atoms with Crippen LogP contribution in [0, 0.1) is 6.92 Å². The molecule has 4 rings (SSSR count). The number of amides is 1. The van der Waals surface area contributed by atoms with E-state index in [9.17, 15) is 18.0 Å². The largest absolute Gasteiger partial charge is 0.417 e. The highest BCUT2D eigenvalue weighted by Crippen LogP contribution is 2.41. The molecule has 10 heteroatoms. The smallest absolute Gasteiger partial charge is 0.337 e. The van der Waals surface area contributed by atoms with Crippen LogP contribution >= 0.6 is 0 Å². The van der Waals surface area contributed by atoms with Gasteiger partial charge in [-0.2, -0.15) is 18.3 Å². The minimum Gasteiger partial charge on any atom is -0.337 e. The van der Waals surface area contributed by atoms with Gasteiger partial charge in [0, 0.05) is 36.0 Å². The zero-order chi connectivity index (χ0) is 23.2. The van der Waals surface area contributed by atoms with Gasteiger partial charge >= 0.3 is 6.18 Å². The van der Waals surface area contributed by atoms with Crippen LogP contribution in [0.5, 0.6) is 0 Å². The van der Waals surface area contributed by atoms with Crippen molar-refractivity contribution < 1.29 is 22.5 Å². The maximum Gasteiger partial charge on any atom is 0.417 e. The molecule has 3 aromatic rings. The van der Waals surface area contributed by atoms with Gasteiger partial charge in [-0.15, -0.1) is 0 Å². The van der Waals surface area contributed by atoms with Crippen LogP contribution in [0.25, 0.3) is 11.1 Å². The topological polar surface area (TPSA) is 87.9 Å². The molecule has 4 heterocycles. The Hall–Kier alpha value is -2.91. The summed E-state index contributed by atoms with van der Waals surface area (Å²) >= 11 is 0. The van der Waals surface area contributed by atoms with Gasteiger partial charge in [0.2, 0.25) is 0 Å². The summed E-state index contributed by atoms with van der Waals surface area (Å²) < 4.78 is 47.0. The third-order valence-electron chi connectivity index (χ3n) is 6.15. The van der Waals surface area contributed by atoms with Crippen LogP contribution in [0.1, 0.15) is 84.1 Å². The molecule has 1 amide bonds. The van der Waals surface area contributed by atoms with Crippen LogP contribution in [0.15, 0.2) is 10.6 Å². The number of aromatic nitrogens is 4. The average molecular weight is 449 g/mol. The summed E-state index contributed by atoms with van der Waals surface area (Å²) in [5.41, 5.74) is 1.66. The van der Waals surface area contributed by atoms with Crippen LogP contribution in [-0.2, 0) is 12.6 Å². The molecule has 0 aliphatic carbocycles. The molecule has 3 aromatic heterocycles. The normalized spacial score (nSPS) is 17.5. The van der Waals surface area contributed by atoms with Gasteiger partial charge in [0.1, 0.15) is 0 Å². The van der Waals surface area contributed by atoms with Crippen molar-refractivity contribution >= 4 is 17.0 Å². The summed E-state index contributed by atoms with van der Waals surface area (Å²) in [6.45, 7) is 8.13. The molecular weight excluding hydrogens is 423 g/mol. The Kier molecular flexibility index (Phi) is 5.72. The van der Waals surface area contributed by atoms with Crippen LogP contribution in [0.2, 0.25) is 0 Å². The number of pyridine rings is 1. The van der Waals surface area contributed by atoms with Crippen LogP contribution in [0.3, 0.4) is 0 Å². The fourth-order valence-corrected chi connectivity index (χ4v) is 4.31. The molecule has 1 aliphatic rings. The monoisotopic (exact) mass is 449 g/mol. The number of piperidine rings is 1. The highest BCUT2D eigenvalue weighted by molar-refractivity contribution is 5.94. The van der Waals surface area contributed by atoms with Crippen molar-refractivity contribution in [2.75, 3.05) is 13.1 Å².